The minimum atomic E-state index is -0.966. The minimum absolute atomic E-state index is 0.176. The molecule has 0 radical (unpaired) electrons. The summed E-state index contributed by atoms with van der Waals surface area (Å²) in [5.41, 5.74) is 2.37. The van der Waals surface area contributed by atoms with Crippen LogP contribution in [0.25, 0.3) is 22.7 Å². The highest BCUT2D eigenvalue weighted by molar-refractivity contribution is 5.88. The second kappa shape index (κ2) is 5.13. The van der Waals surface area contributed by atoms with E-state index in [1.165, 1.54) is 18.4 Å². The molecule has 0 bridgehead atoms. The van der Waals surface area contributed by atoms with Gasteiger partial charge in [0.1, 0.15) is 17.7 Å². The Balaban J connectivity index is 1.90. The number of oxazole rings is 1. The Morgan fingerprint density at radius 3 is 2.19 bits per heavy atom. The van der Waals surface area contributed by atoms with E-state index in [-0.39, 0.29) is 11.3 Å². The number of aromatic hydroxyl groups is 1. The molecule has 3 rings (SSSR count). The van der Waals surface area contributed by atoms with Gasteiger partial charge in [-0.15, -0.1) is 0 Å². The third kappa shape index (κ3) is 2.62. The number of carboxylic acid groups (broad SMARTS) is 1. The lowest BCUT2D eigenvalue weighted by atomic mass is 10.1. The fourth-order valence-electron chi connectivity index (χ4n) is 1.93. The number of benzene rings is 2. The quantitative estimate of drug-likeness (QED) is 0.768. The lowest BCUT2D eigenvalue weighted by Gasteiger charge is -1.97. The van der Waals surface area contributed by atoms with Gasteiger partial charge in [0.25, 0.3) is 0 Å². The van der Waals surface area contributed by atoms with E-state index in [0.717, 1.165) is 11.1 Å². The summed E-state index contributed by atoms with van der Waals surface area (Å²) in [5.74, 6) is -0.353. The summed E-state index contributed by atoms with van der Waals surface area (Å²) in [6.45, 7) is 0. The van der Waals surface area contributed by atoms with Gasteiger partial charge < -0.3 is 14.6 Å². The Kier molecular flexibility index (Phi) is 3.16. The van der Waals surface area contributed by atoms with Gasteiger partial charge in [-0.05, 0) is 36.4 Å². The average Bonchev–Trinajstić information content (AvgIpc) is 2.98. The summed E-state index contributed by atoms with van der Waals surface area (Å²) in [6, 6.07) is 12.9. The summed E-state index contributed by atoms with van der Waals surface area (Å²) in [5, 5.41) is 18.1. The molecule has 5 nitrogen and oxygen atoms in total. The second-order valence-electron chi connectivity index (χ2n) is 4.47. The third-order valence-electron chi connectivity index (χ3n) is 3.05. The van der Waals surface area contributed by atoms with Crippen LogP contribution in [0.5, 0.6) is 5.75 Å². The Hall–Kier alpha value is -3.08. The van der Waals surface area contributed by atoms with Crippen molar-refractivity contribution in [1.82, 2.24) is 4.98 Å². The molecule has 0 spiro atoms. The number of aromatic carboxylic acids is 1. The normalized spacial score (nSPS) is 10.5. The van der Waals surface area contributed by atoms with Crippen LogP contribution in [0.1, 0.15) is 10.4 Å². The molecule has 3 aromatic rings. The minimum Gasteiger partial charge on any atom is -0.508 e. The first kappa shape index (κ1) is 12.9. The molecule has 21 heavy (non-hydrogen) atoms. The van der Waals surface area contributed by atoms with Gasteiger partial charge in [0.15, 0.2) is 0 Å². The van der Waals surface area contributed by atoms with Crippen molar-refractivity contribution >= 4 is 5.97 Å². The van der Waals surface area contributed by atoms with Gasteiger partial charge in [0.05, 0.1) is 5.56 Å². The average molecular weight is 281 g/mol. The molecule has 0 saturated carbocycles. The van der Waals surface area contributed by atoms with Crippen molar-refractivity contribution in [2.45, 2.75) is 0 Å². The third-order valence-corrected chi connectivity index (χ3v) is 3.05. The van der Waals surface area contributed by atoms with Crippen LogP contribution < -0.4 is 0 Å². The largest absolute Gasteiger partial charge is 0.508 e. The molecule has 0 aliphatic carbocycles. The zero-order valence-electron chi connectivity index (χ0n) is 10.9. The molecular weight excluding hydrogens is 270 g/mol. The topological polar surface area (TPSA) is 83.6 Å². The summed E-state index contributed by atoms with van der Waals surface area (Å²) >= 11 is 0. The monoisotopic (exact) mass is 281 g/mol. The zero-order chi connectivity index (χ0) is 14.8. The highest BCUT2D eigenvalue weighted by Crippen LogP contribution is 2.25. The molecule has 0 atom stereocenters. The van der Waals surface area contributed by atoms with Crippen LogP contribution in [-0.2, 0) is 0 Å². The van der Waals surface area contributed by atoms with Crippen molar-refractivity contribution in [1.29, 1.82) is 0 Å². The van der Waals surface area contributed by atoms with Gasteiger partial charge in [-0.2, -0.15) is 0 Å². The Morgan fingerprint density at radius 1 is 0.952 bits per heavy atom. The highest BCUT2D eigenvalue weighted by atomic mass is 16.4. The van der Waals surface area contributed by atoms with Crippen molar-refractivity contribution in [3.8, 4) is 28.5 Å². The molecule has 0 saturated heterocycles. The zero-order valence-corrected chi connectivity index (χ0v) is 10.9. The van der Waals surface area contributed by atoms with Gasteiger partial charge in [0.2, 0.25) is 5.89 Å². The Bertz CT molecular complexity index is 773. The van der Waals surface area contributed by atoms with Crippen LogP contribution in [0, 0.1) is 0 Å². The summed E-state index contributed by atoms with van der Waals surface area (Å²) in [4.78, 5) is 15.2. The van der Waals surface area contributed by atoms with Gasteiger partial charge in [-0.1, -0.05) is 12.1 Å². The Morgan fingerprint density at radius 2 is 1.57 bits per heavy atom. The lowest BCUT2D eigenvalue weighted by Crippen LogP contribution is -1.94. The number of carbonyl (C=O) groups is 1. The summed E-state index contributed by atoms with van der Waals surface area (Å²) < 4.78 is 5.41. The maximum absolute atomic E-state index is 10.8. The van der Waals surface area contributed by atoms with Crippen molar-refractivity contribution in [2.24, 2.45) is 0 Å². The van der Waals surface area contributed by atoms with Crippen LogP contribution in [0.4, 0.5) is 0 Å². The first-order valence-electron chi connectivity index (χ1n) is 6.22. The van der Waals surface area contributed by atoms with E-state index >= 15 is 0 Å². The van der Waals surface area contributed by atoms with Gasteiger partial charge in [-0.3, -0.25) is 0 Å². The maximum Gasteiger partial charge on any atom is 0.335 e. The number of phenols is 1. The van der Waals surface area contributed by atoms with Crippen molar-refractivity contribution in [3.05, 3.63) is 60.4 Å². The predicted molar refractivity (Wildman–Crippen MR) is 76.0 cm³/mol. The molecule has 0 aliphatic heterocycles. The first-order valence-corrected chi connectivity index (χ1v) is 6.22. The van der Waals surface area contributed by atoms with Crippen molar-refractivity contribution in [3.63, 3.8) is 0 Å². The predicted octanol–water partition coefficient (Wildman–Crippen LogP) is 3.41. The summed E-state index contributed by atoms with van der Waals surface area (Å²) in [6.07, 6.45) is 1.51. The summed E-state index contributed by atoms with van der Waals surface area (Å²) in [7, 11) is 0. The second-order valence-corrected chi connectivity index (χ2v) is 4.47. The highest BCUT2D eigenvalue weighted by Gasteiger charge is 2.09. The lowest BCUT2D eigenvalue weighted by molar-refractivity contribution is 0.0697. The molecule has 1 heterocycles. The molecule has 2 aromatic carbocycles. The van der Waals surface area contributed by atoms with Gasteiger partial charge >= 0.3 is 5.97 Å². The maximum atomic E-state index is 10.8. The van der Waals surface area contributed by atoms with Crippen molar-refractivity contribution < 1.29 is 19.4 Å². The number of hydrogen-bond donors (Lipinski definition) is 2. The van der Waals surface area contributed by atoms with Crippen LogP contribution >= 0.6 is 0 Å². The van der Waals surface area contributed by atoms with E-state index in [9.17, 15) is 9.90 Å². The van der Waals surface area contributed by atoms with Crippen LogP contribution in [-0.4, -0.2) is 21.2 Å². The van der Waals surface area contributed by atoms with Crippen molar-refractivity contribution in [2.75, 3.05) is 0 Å². The van der Waals surface area contributed by atoms with E-state index in [2.05, 4.69) is 4.98 Å². The molecule has 5 heteroatoms. The van der Waals surface area contributed by atoms with Crippen LogP contribution in [0.3, 0.4) is 0 Å². The molecule has 2 N–H and O–H groups in total. The number of aromatic nitrogens is 1. The SMILES string of the molecule is O=C(O)c1ccc(-c2coc(-c3ccc(O)cc3)n2)cc1. The molecule has 104 valence electrons. The van der Waals surface area contributed by atoms with Gasteiger partial charge in [-0.25, -0.2) is 9.78 Å². The fraction of sp³-hybridized carbons (Fsp3) is 0. The molecule has 0 fully saturated rings. The molecule has 0 aliphatic rings. The number of carboxylic acids is 1. The van der Waals surface area contributed by atoms with E-state index in [4.69, 9.17) is 9.52 Å². The fourth-order valence-corrected chi connectivity index (χ4v) is 1.93. The van der Waals surface area contributed by atoms with E-state index in [1.54, 1.807) is 36.4 Å². The van der Waals surface area contributed by atoms with E-state index in [1.807, 2.05) is 0 Å². The molecule has 0 amide bonds. The van der Waals surface area contributed by atoms with Gasteiger partial charge in [0, 0.05) is 11.1 Å². The number of hydrogen-bond acceptors (Lipinski definition) is 4. The van der Waals surface area contributed by atoms with E-state index < -0.39 is 5.97 Å². The smallest absolute Gasteiger partial charge is 0.335 e. The van der Waals surface area contributed by atoms with Crippen LogP contribution in [0.2, 0.25) is 0 Å². The Labute approximate surface area is 120 Å². The van der Waals surface area contributed by atoms with Crippen LogP contribution in [0.15, 0.2) is 59.2 Å². The van der Waals surface area contributed by atoms with E-state index in [0.29, 0.717) is 11.6 Å². The number of phenolic OH excluding ortho intramolecular Hbond substituents is 1. The number of nitrogens with zero attached hydrogens (tertiary/aromatic N) is 1. The molecule has 0 unspecified atom stereocenters. The standard InChI is InChI=1S/C16H11NO4/c18-13-7-5-11(6-8-13)15-17-14(9-21-15)10-1-3-12(4-2-10)16(19)20/h1-9,18H,(H,19,20). The first-order chi connectivity index (χ1) is 10.1. The number of rotatable bonds is 3. The molecular formula is C16H11NO4. The molecule has 1 aromatic heterocycles.